The molecule has 0 bridgehead atoms. The molecule has 17 heavy (non-hydrogen) atoms. The van der Waals surface area contributed by atoms with Crippen molar-refractivity contribution in [3.63, 3.8) is 0 Å². The minimum Gasteiger partial charge on any atom is -0.394 e. The molecule has 0 aliphatic heterocycles. The quantitative estimate of drug-likeness (QED) is 0.609. The van der Waals surface area contributed by atoms with E-state index in [0.29, 0.717) is 0 Å². The van der Waals surface area contributed by atoms with Crippen LogP contribution in [-0.2, 0) is 4.79 Å². The summed E-state index contributed by atoms with van der Waals surface area (Å²) in [7, 11) is 0. The van der Waals surface area contributed by atoms with Crippen LogP contribution in [0.4, 0.5) is 11.4 Å². The number of nitrogens with one attached hydrogen (secondary N) is 2. The standard InChI is InChI=1S/C12H18N2O3/c1-8-11(13-6-10(17)7-15)4-3-5-12(8)14-9(2)16/h3-5,10,13,15,17H,6-7H2,1-2H3,(H,14,16). The van der Waals surface area contributed by atoms with Crippen LogP contribution in [0.15, 0.2) is 18.2 Å². The third-order valence-corrected chi connectivity index (χ3v) is 2.38. The zero-order valence-corrected chi connectivity index (χ0v) is 10.0. The maximum absolute atomic E-state index is 11.0. The van der Waals surface area contributed by atoms with Gasteiger partial charge in [-0.3, -0.25) is 4.79 Å². The molecule has 0 fully saturated rings. The molecular weight excluding hydrogens is 220 g/mol. The number of rotatable bonds is 5. The number of amides is 1. The molecule has 5 heteroatoms. The van der Waals surface area contributed by atoms with Gasteiger partial charge < -0.3 is 20.8 Å². The van der Waals surface area contributed by atoms with E-state index >= 15 is 0 Å². The highest BCUT2D eigenvalue weighted by Gasteiger charge is 2.06. The number of aliphatic hydroxyl groups is 2. The van der Waals surface area contributed by atoms with Crippen molar-refractivity contribution in [2.45, 2.75) is 20.0 Å². The number of anilines is 2. The van der Waals surface area contributed by atoms with Crippen molar-refractivity contribution in [1.29, 1.82) is 0 Å². The second-order valence-corrected chi connectivity index (χ2v) is 3.88. The molecule has 4 N–H and O–H groups in total. The predicted octanol–water partition coefficient (Wildman–Crippen LogP) is 0.719. The zero-order chi connectivity index (χ0) is 12.8. The highest BCUT2D eigenvalue weighted by atomic mass is 16.3. The SMILES string of the molecule is CC(=O)Nc1cccc(NCC(O)CO)c1C. The molecule has 0 saturated heterocycles. The Bertz CT molecular complexity index is 393. The Morgan fingerprint density at radius 1 is 1.41 bits per heavy atom. The second kappa shape index (κ2) is 6.22. The van der Waals surface area contributed by atoms with Crippen molar-refractivity contribution >= 4 is 17.3 Å². The van der Waals surface area contributed by atoms with E-state index in [1.165, 1.54) is 6.92 Å². The number of benzene rings is 1. The summed E-state index contributed by atoms with van der Waals surface area (Å²) < 4.78 is 0. The minimum absolute atomic E-state index is 0.124. The molecule has 1 amide bonds. The normalized spacial score (nSPS) is 12.0. The average Bonchev–Trinajstić information content (AvgIpc) is 2.29. The van der Waals surface area contributed by atoms with Gasteiger partial charge in [0.05, 0.1) is 12.7 Å². The molecule has 0 aliphatic rings. The van der Waals surface area contributed by atoms with Crippen molar-refractivity contribution in [2.75, 3.05) is 23.8 Å². The Morgan fingerprint density at radius 3 is 2.65 bits per heavy atom. The van der Waals surface area contributed by atoms with Gasteiger partial charge in [-0.25, -0.2) is 0 Å². The van der Waals surface area contributed by atoms with Crippen LogP contribution in [0.5, 0.6) is 0 Å². The van der Waals surface area contributed by atoms with E-state index in [-0.39, 0.29) is 19.1 Å². The Morgan fingerprint density at radius 2 is 2.06 bits per heavy atom. The molecule has 1 atom stereocenters. The predicted molar refractivity (Wildman–Crippen MR) is 67.1 cm³/mol. The lowest BCUT2D eigenvalue weighted by molar-refractivity contribution is -0.114. The Hall–Kier alpha value is -1.59. The molecule has 0 aliphatic carbocycles. The Kier molecular flexibility index (Phi) is 4.93. The molecule has 0 radical (unpaired) electrons. The van der Waals surface area contributed by atoms with Crippen molar-refractivity contribution in [3.8, 4) is 0 Å². The molecule has 0 aromatic heterocycles. The summed E-state index contributed by atoms with van der Waals surface area (Å²) in [5.74, 6) is -0.124. The number of carbonyl (C=O) groups excluding carboxylic acids is 1. The third-order valence-electron chi connectivity index (χ3n) is 2.38. The lowest BCUT2D eigenvalue weighted by atomic mass is 10.1. The lowest BCUT2D eigenvalue weighted by Crippen LogP contribution is -2.23. The first-order chi connectivity index (χ1) is 8.04. The van der Waals surface area contributed by atoms with Gasteiger partial charge in [0, 0.05) is 24.8 Å². The van der Waals surface area contributed by atoms with Crippen LogP contribution in [0.2, 0.25) is 0 Å². The van der Waals surface area contributed by atoms with Crippen LogP contribution in [0.3, 0.4) is 0 Å². The molecule has 0 saturated carbocycles. The van der Waals surface area contributed by atoms with Crippen LogP contribution in [0.1, 0.15) is 12.5 Å². The molecule has 1 rings (SSSR count). The molecule has 0 spiro atoms. The topological polar surface area (TPSA) is 81.6 Å². The fourth-order valence-electron chi connectivity index (χ4n) is 1.44. The summed E-state index contributed by atoms with van der Waals surface area (Å²) in [4.78, 5) is 11.0. The molecule has 94 valence electrons. The molecule has 1 aromatic rings. The Labute approximate surface area is 100 Å². The molecule has 5 nitrogen and oxygen atoms in total. The van der Waals surface area contributed by atoms with Crippen LogP contribution >= 0.6 is 0 Å². The van der Waals surface area contributed by atoms with Crippen molar-refractivity contribution in [3.05, 3.63) is 23.8 Å². The second-order valence-electron chi connectivity index (χ2n) is 3.88. The largest absolute Gasteiger partial charge is 0.394 e. The van der Waals surface area contributed by atoms with E-state index in [1.807, 2.05) is 25.1 Å². The van der Waals surface area contributed by atoms with Crippen molar-refractivity contribution in [1.82, 2.24) is 0 Å². The number of hydrogen-bond acceptors (Lipinski definition) is 4. The molecule has 1 unspecified atom stereocenters. The van der Waals surface area contributed by atoms with E-state index < -0.39 is 6.10 Å². The average molecular weight is 238 g/mol. The van der Waals surface area contributed by atoms with E-state index in [1.54, 1.807) is 0 Å². The van der Waals surface area contributed by atoms with Gasteiger partial charge in [0.25, 0.3) is 0 Å². The van der Waals surface area contributed by atoms with E-state index in [4.69, 9.17) is 5.11 Å². The van der Waals surface area contributed by atoms with E-state index in [9.17, 15) is 9.90 Å². The summed E-state index contributed by atoms with van der Waals surface area (Å²) in [5.41, 5.74) is 2.46. The number of aliphatic hydroxyl groups excluding tert-OH is 2. The van der Waals surface area contributed by atoms with Gasteiger partial charge in [-0.05, 0) is 24.6 Å². The number of hydrogen-bond donors (Lipinski definition) is 4. The highest BCUT2D eigenvalue weighted by molar-refractivity contribution is 5.90. The van der Waals surface area contributed by atoms with Crippen LogP contribution < -0.4 is 10.6 Å². The lowest BCUT2D eigenvalue weighted by Gasteiger charge is -2.15. The fraction of sp³-hybridized carbons (Fsp3) is 0.417. The summed E-state index contributed by atoms with van der Waals surface area (Å²) in [6.45, 7) is 3.31. The first-order valence-electron chi connectivity index (χ1n) is 5.44. The van der Waals surface area contributed by atoms with Gasteiger partial charge in [-0.1, -0.05) is 6.07 Å². The first kappa shape index (κ1) is 13.5. The van der Waals surface area contributed by atoms with Crippen LogP contribution in [0.25, 0.3) is 0 Å². The monoisotopic (exact) mass is 238 g/mol. The fourth-order valence-corrected chi connectivity index (χ4v) is 1.44. The van der Waals surface area contributed by atoms with Gasteiger partial charge in [-0.2, -0.15) is 0 Å². The summed E-state index contributed by atoms with van der Waals surface area (Å²) in [5, 5.41) is 23.7. The van der Waals surface area contributed by atoms with Gasteiger partial charge in [0.1, 0.15) is 0 Å². The minimum atomic E-state index is -0.793. The van der Waals surface area contributed by atoms with Crippen molar-refractivity contribution < 1.29 is 15.0 Å². The van der Waals surface area contributed by atoms with Gasteiger partial charge in [0.15, 0.2) is 0 Å². The van der Waals surface area contributed by atoms with Gasteiger partial charge in [-0.15, -0.1) is 0 Å². The number of carbonyl (C=O) groups is 1. The first-order valence-corrected chi connectivity index (χ1v) is 5.44. The molecular formula is C12H18N2O3. The molecule has 1 aromatic carbocycles. The zero-order valence-electron chi connectivity index (χ0n) is 10.0. The summed E-state index contributed by atoms with van der Waals surface area (Å²) in [6.07, 6.45) is -0.793. The highest BCUT2D eigenvalue weighted by Crippen LogP contribution is 2.23. The maximum atomic E-state index is 11.0. The van der Waals surface area contributed by atoms with E-state index in [2.05, 4.69) is 10.6 Å². The maximum Gasteiger partial charge on any atom is 0.221 e. The van der Waals surface area contributed by atoms with Crippen LogP contribution in [-0.4, -0.2) is 35.4 Å². The van der Waals surface area contributed by atoms with Gasteiger partial charge >= 0.3 is 0 Å². The van der Waals surface area contributed by atoms with Crippen molar-refractivity contribution in [2.24, 2.45) is 0 Å². The third kappa shape index (κ3) is 4.05. The smallest absolute Gasteiger partial charge is 0.221 e. The summed E-state index contributed by atoms with van der Waals surface area (Å²) in [6, 6.07) is 5.47. The summed E-state index contributed by atoms with van der Waals surface area (Å²) >= 11 is 0. The van der Waals surface area contributed by atoms with Crippen LogP contribution in [0, 0.1) is 6.92 Å². The van der Waals surface area contributed by atoms with Gasteiger partial charge in [0.2, 0.25) is 5.91 Å². The molecule has 0 heterocycles. The Balaban J connectivity index is 2.76. The van der Waals surface area contributed by atoms with E-state index in [0.717, 1.165) is 16.9 Å².